The van der Waals surface area contributed by atoms with Crippen molar-refractivity contribution in [2.75, 3.05) is 12.4 Å². The van der Waals surface area contributed by atoms with E-state index in [9.17, 15) is 24.6 Å². The Kier molecular flexibility index (Phi) is 12.3. The van der Waals surface area contributed by atoms with Gasteiger partial charge in [-0.1, -0.05) is 65.1 Å². The van der Waals surface area contributed by atoms with E-state index in [1.807, 2.05) is 0 Å². The first-order valence-electron chi connectivity index (χ1n) is 15.2. The average molecular weight is 745 g/mol. The Morgan fingerprint density at radius 1 is 0.840 bits per heavy atom. The molecule has 0 saturated heterocycles. The summed E-state index contributed by atoms with van der Waals surface area (Å²) in [5.41, 5.74) is 0.890. The number of carbonyl (C=O) groups excluding carboxylic acids is 1. The van der Waals surface area contributed by atoms with Gasteiger partial charge in [0.2, 0.25) is 5.88 Å². The molecular formula is C35H36Cl3N5O7. The molecule has 12 nitrogen and oxygen atoms in total. The Labute approximate surface area is 304 Å². The van der Waals surface area contributed by atoms with Crippen molar-refractivity contribution in [1.29, 1.82) is 0 Å². The van der Waals surface area contributed by atoms with E-state index in [0.29, 0.717) is 39.4 Å². The lowest BCUT2D eigenvalue weighted by atomic mass is 10.0. The van der Waals surface area contributed by atoms with E-state index in [1.165, 1.54) is 19.4 Å². The fourth-order valence-electron chi connectivity index (χ4n) is 4.40. The maximum Gasteiger partial charge on any atom is 0.323 e. The van der Waals surface area contributed by atoms with Gasteiger partial charge >= 0.3 is 11.9 Å². The van der Waals surface area contributed by atoms with Crippen molar-refractivity contribution in [3.05, 3.63) is 98.4 Å². The number of amides is 1. The maximum atomic E-state index is 13.0. The van der Waals surface area contributed by atoms with Gasteiger partial charge in [-0.05, 0) is 57.5 Å². The monoisotopic (exact) mass is 743 g/mol. The first kappa shape index (κ1) is 38.3. The van der Waals surface area contributed by atoms with Crippen molar-refractivity contribution in [3.63, 3.8) is 0 Å². The summed E-state index contributed by atoms with van der Waals surface area (Å²) in [5, 5.41) is 28.1. The number of nitrogens with zero attached hydrogens (tertiary/aromatic N) is 2. The van der Waals surface area contributed by atoms with Crippen LogP contribution in [0.25, 0.3) is 11.1 Å². The number of aliphatic carboxylic acids is 2. The van der Waals surface area contributed by atoms with E-state index < -0.39 is 28.9 Å². The minimum absolute atomic E-state index is 0.0598. The van der Waals surface area contributed by atoms with Gasteiger partial charge in [-0.15, -0.1) is 0 Å². The SMILES string of the molecule is COc1nc(COc2cccc(-c3cccc(NC(=O)c4ccc(CNC(C)(C)C(=O)O)cn4)c3Cl)c2Cl)c(Cl)cc1CNC(C)(C)C(=O)O. The quantitative estimate of drug-likeness (QED) is 0.0862. The molecule has 4 aromatic rings. The fraction of sp³-hybridized carbons (Fsp3) is 0.286. The number of ether oxygens (including phenoxy) is 2. The summed E-state index contributed by atoms with van der Waals surface area (Å²) in [6.07, 6.45) is 1.50. The predicted molar refractivity (Wildman–Crippen MR) is 191 cm³/mol. The summed E-state index contributed by atoms with van der Waals surface area (Å²) >= 11 is 20.1. The lowest BCUT2D eigenvalue weighted by molar-refractivity contribution is -0.144. The van der Waals surface area contributed by atoms with E-state index in [4.69, 9.17) is 44.3 Å². The first-order valence-corrected chi connectivity index (χ1v) is 16.3. The number of hydrogen-bond acceptors (Lipinski definition) is 9. The smallest absolute Gasteiger partial charge is 0.323 e. The summed E-state index contributed by atoms with van der Waals surface area (Å²) in [5.74, 6) is -1.90. The number of anilines is 1. The normalized spacial score (nSPS) is 11.6. The molecule has 0 unspecified atom stereocenters. The number of rotatable bonds is 15. The minimum atomic E-state index is -1.18. The molecule has 4 rings (SSSR count). The van der Waals surface area contributed by atoms with Gasteiger partial charge in [0, 0.05) is 36.0 Å². The molecule has 2 aromatic heterocycles. The first-order chi connectivity index (χ1) is 23.5. The van der Waals surface area contributed by atoms with Crippen molar-refractivity contribution in [3.8, 4) is 22.8 Å². The third-order valence-electron chi connectivity index (χ3n) is 7.73. The van der Waals surface area contributed by atoms with Crippen molar-refractivity contribution in [1.82, 2.24) is 20.6 Å². The van der Waals surface area contributed by atoms with Gasteiger partial charge < -0.3 is 25.0 Å². The van der Waals surface area contributed by atoms with E-state index in [1.54, 1.807) is 76.2 Å². The predicted octanol–water partition coefficient (Wildman–Crippen LogP) is 6.85. The number of halogens is 3. The van der Waals surface area contributed by atoms with Crippen molar-refractivity contribution < 1.29 is 34.1 Å². The molecule has 0 fully saturated rings. The number of benzene rings is 2. The molecular weight excluding hydrogens is 709 g/mol. The molecule has 264 valence electrons. The topological polar surface area (TPSA) is 172 Å². The van der Waals surface area contributed by atoms with Crippen LogP contribution in [0.3, 0.4) is 0 Å². The molecule has 0 atom stereocenters. The fourth-order valence-corrected chi connectivity index (χ4v) is 5.19. The van der Waals surface area contributed by atoms with Crippen molar-refractivity contribution >= 4 is 58.3 Å². The second-order valence-corrected chi connectivity index (χ2v) is 13.4. The van der Waals surface area contributed by atoms with Crippen LogP contribution >= 0.6 is 34.8 Å². The van der Waals surface area contributed by atoms with Gasteiger partial charge in [0.05, 0.1) is 27.9 Å². The van der Waals surface area contributed by atoms with E-state index in [-0.39, 0.29) is 46.3 Å². The minimum Gasteiger partial charge on any atom is -0.486 e. The molecule has 0 bridgehead atoms. The Hall–Kier alpha value is -4.46. The third-order valence-corrected chi connectivity index (χ3v) is 8.85. The van der Waals surface area contributed by atoms with Gasteiger partial charge in [-0.3, -0.25) is 30.0 Å². The summed E-state index contributed by atoms with van der Waals surface area (Å²) < 4.78 is 11.4. The molecule has 2 aromatic carbocycles. The molecule has 0 aliphatic rings. The molecule has 2 heterocycles. The van der Waals surface area contributed by atoms with Crippen LogP contribution in [-0.2, 0) is 29.3 Å². The van der Waals surface area contributed by atoms with Crippen molar-refractivity contribution in [2.45, 2.75) is 58.5 Å². The second-order valence-electron chi connectivity index (χ2n) is 12.2. The van der Waals surface area contributed by atoms with E-state index in [0.717, 1.165) is 0 Å². The molecule has 0 saturated carbocycles. The van der Waals surface area contributed by atoms with Crippen LogP contribution in [-0.4, -0.2) is 56.2 Å². The molecule has 15 heteroatoms. The number of pyridine rings is 2. The largest absolute Gasteiger partial charge is 0.486 e. The highest BCUT2D eigenvalue weighted by atomic mass is 35.5. The Bertz CT molecular complexity index is 1900. The molecule has 5 N–H and O–H groups in total. The Morgan fingerprint density at radius 3 is 2.06 bits per heavy atom. The lowest BCUT2D eigenvalue weighted by Crippen LogP contribution is -2.46. The number of carboxylic acid groups (broad SMARTS) is 2. The average Bonchev–Trinajstić information content (AvgIpc) is 3.07. The van der Waals surface area contributed by atoms with Crippen LogP contribution in [0.2, 0.25) is 15.1 Å². The molecule has 0 aliphatic heterocycles. The van der Waals surface area contributed by atoms with Crippen LogP contribution in [0.4, 0.5) is 5.69 Å². The van der Waals surface area contributed by atoms with E-state index >= 15 is 0 Å². The number of nitrogens with one attached hydrogen (secondary N) is 3. The number of carbonyl (C=O) groups is 3. The van der Waals surface area contributed by atoms with Gasteiger partial charge in [0.1, 0.15) is 34.8 Å². The second kappa shape index (κ2) is 16.0. The van der Waals surface area contributed by atoms with E-state index in [2.05, 4.69) is 25.9 Å². The highest BCUT2D eigenvalue weighted by Gasteiger charge is 2.27. The number of methoxy groups -OCH3 is 1. The standard InChI is InChI=1S/C35H36Cl3N5O7/c1-34(2,32(45)46)40-16-19-12-13-25(39-15-19)30(44)42-24-10-6-8-21(28(24)37)22-9-7-11-27(29(22)38)50-18-26-23(36)14-20(31(43-26)49-5)17-41-35(3,4)33(47)48/h6-15,40-41H,16-18H2,1-5H3,(H,42,44)(H,45,46)(H,47,48). The molecule has 0 radical (unpaired) electrons. The van der Waals surface area contributed by atoms with Crippen LogP contribution in [0.15, 0.2) is 60.8 Å². The maximum absolute atomic E-state index is 13.0. The molecule has 0 spiro atoms. The van der Waals surface area contributed by atoms with Crippen LogP contribution < -0.4 is 25.4 Å². The zero-order valence-corrected chi connectivity index (χ0v) is 30.1. The summed E-state index contributed by atoms with van der Waals surface area (Å²) in [4.78, 5) is 44.5. The number of hydrogen-bond donors (Lipinski definition) is 5. The van der Waals surface area contributed by atoms with Crippen LogP contribution in [0.5, 0.6) is 11.6 Å². The third kappa shape index (κ3) is 9.20. The van der Waals surface area contributed by atoms with Gasteiger partial charge in [-0.2, -0.15) is 0 Å². The van der Waals surface area contributed by atoms with Gasteiger partial charge in [0.25, 0.3) is 5.91 Å². The summed E-state index contributed by atoms with van der Waals surface area (Å²) in [7, 11) is 1.45. The lowest BCUT2D eigenvalue weighted by Gasteiger charge is -2.22. The summed E-state index contributed by atoms with van der Waals surface area (Å²) in [6.45, 7) is 6.54. The van der Waals surface area contributed by atoms with Gasteiger partial charge in [0.15, 0.2) is 0 Å². The Morgan fingerprint density at radius 2 is 1.46 bits per heavy atom. The van der Waals surface area contributed by atoms with Crippen LogP contribution in [0.1, 0.15) is 55.0 Å². The number of aromatic nitrogens is 2. The summed E-state index contributed by atoms with van der Waals surface area (Å²) in [6, 6.07) is 15.2. The highest BCUT2D eigenvalue weighted by Crippen LogP contribution is 2.41. The molecule has 1 amide bonds. The zero-order chi connectivity index (χ0) is 36.8. The van der Waals surface area contributed by atoms with Crippen molar-refractivity contribution in [2.24, 2.45) is 0 Å². The highest BCUT2D eigenvalue weighted by molar-refractivity contribution is 6.39. The van der Waals surface area contributed by atoms with Crippen LogP contribution in [0, 0.1) is 0 Å². The molecule has 0 aliphatic carbocycles. The van der Waals surface area contributed by atoms with Gasteiger partial charge in [-0.25, -0.2) is 4.98 Å². The Balaban J connectivity index is 1.47. The molecule has 50 heavy (non-hydrogen) atoms. The number of carboxylic acids is 2. The zero-order valence-electron chi connectivity index (χ0n) is 27.9.